The average molecular weight is 329 g/mol. The van der Waals surface area contributed by atoms with Gasteiger partial charge in [0.05, 0.1) is 16.9 Å². The van der Waals surface area contributed by atoms with Gasteiger partial charge < -0.3 is 10.1 Å². The van der Waals surface area contributed by atoms with E-state index in [2.05, 4.69) is 16.7 Å². The summed E-state index contributed by atoms with van der Waals surface area (Å²) in [7, 11) is 0. The van der Waals surface area contributed by atoms with Gasteiger partial charge in [0, 0.05) is 16.8 Å². The second-order valence-corrected chi connectivity index (χ2v) is 6.94. The van der Waals surface area contributed by atoms with Gasteiger partial charge in [-0.3, -0.25) is 5.32 Å². The van der Waals surface area contributed by atoms with E-state index in [0.717, 1.165) is 10.6 Å². The molecule has 2 aromatic rings. The lowest BCUT2D eigenvalue weighted by Crippen LogP contribution is -2.27. The molecule has 0 saturated heterocycles. The molecule has 0 radical (unpaired) electrons. The minimum absolute atomic E-state index is 0.491. The third kappa shape index (κ3) is 5.31. The molecule has 6 heteroatoms. The lowest BCUT2D eigenvalue weighted by molar-refractivity contribution is 0.0636. The molecule has 120 valence electrons. The van der Waals surface area contributed by atoms with Crippen LogP contribution in [0.3, 0.4) is 0 Å². The Hall–Kier alpha value is -2.52. The van der Waals surface area contributed by atoms with Crippen LogP contribution >= 0.6 is 11.3 Å². The quantitative estimate of drug-likeness (QED) is 0.861. The summed E-state index contributed by atoms with van der Waals surface area (Å²) < 4.78 is 5.27. The lowest BCUT2D eigenvalue weighted by atomic mass is 10.2. The van der Waals surface area contributed by atoms with Crippen LogP contribution in [0.1, 0.15) is 31.2 Å². The summed E-state index contributed by atoms with van der Waals surface area (Å²) in [6.07, 6.45) is -0.491. The number of thiophene rings is 1. The minimum atomic E-state index is -0.545. The summed E-state index contributed by atoms with van der Waals surface area (Å²) in [5.41, 5.74) is 1.56. The maximum atomic E-state index is 11.9. The molecule has 0 atom stereocenters. The maximum absolute atomic E-state index is 11.9. The van der Waals surface area contributed by atoms with E-state index in [-0.39, 0.29) is 0 Å². The fourth-order valence-electron chi connectivity index (χ4n) is 1.87. The number of ether oxygens (including phenoxy) is 1. The summed E-state index contributed by atoms with van der Waals surface area (Å²) in [6.45, 7) is 6.04. The largest absolute Gasteiger partial charge is 0.444 e. The van der Waals surface area contributed by atoms with E-state index in [4.69, 9.17) is 10.00 Å². The number of nitriles is 1. The van der Waals surface area contributed by atoms with Gasteiger partial charge in [-0.2, -0.15) is 5.26 Å². The van der Waals surface area contributed by atoms with E-state index in [1.165, 1.54) is 11.3 Å². The number of para-hydroxylation sites is 2. The van der Waals surface area contributed by atoms with E-state index in [1.807, 2.05) is 50.4 Å². The number of hydrogen-bond acceptors (Lipinski definition) is 5. The smallest absolute Gasteiger partial charge is 0.412 e. The molecule has 0 aliphatic heterocycles. The molecule has 0 unspecified atom stereocenters. The molecule has 0 saturated carbocycles. The first-order chi connectivity index (χ1) is 10.9. The van der Waals surface area contributed by atoms with E-state index in [1.54, 1.807) is 6.07 Å². The van der Waals surface area contributed by atoms with Crippen molar-refractivity contribution in [3.05, 3.63) is 46.2 Å². The van der Waals surface area contributed by atoms with Crippen LogP contribution in [0.4, 0.5) is 16.2 Å². The number of rotatable bonds is 4. The molecule has 0 spiro atoms. The predicted octanol–water partition coefficient (Wildman–Crippen LogP) is 4.58. The fraction of sp³-hybridized carbons (Fsp3) is 0.294. The Bertz CT molecular complexity index is 726. The summed E-state index contributed by atoms with van der Waals surface area (Å²) in [5.74, 6) is 0. The molecule has 1 heterocycles. The van der Waals surface area contributed by atoms with Gasteiger partial charge in [-0.05, 0) is 39.0 Å². The number of carbonyl (C=O) groups excluding carboxylic acids is 1. The Labute approximate surface area is 139 Å². The highest BCUT2D eigenvalue weighted by molar-refractivity contribution is 7.10. The van der Waals surface area contributed by atoms with Gasteiger partial charge in [-0.25, -0.2) is 4.79 Å². The Morgan fingerprint density at radius 2 is 2.00 bits per heavy atom. The van der Waals surface area contributed by atoms with Crippen molar-refractivity contribution in [1.82, 2.24) is 0 Å². The van der Waals surface area contributed by atoms with E-state index < -0.39 is 11.7 Å². The molecular formula is C17H19N3O2S. The highest BCUT2D eigenvalue weighted by Crippen LogP contribution is 2.24. The molecule has 0 aliphatic rings. The number of nitrogens with zero attached hydrogens (tertiary/aromatic N) is 1. The number of benzene rings is 1. The van der Waals surface area contributed by atoms with Crippen molar-refractivity contribution in [2.75, 3.05) is 10.6 Å². The second-order valence-electron chi connectivity index (χ2n) is 5.94. The normalized spacial score (nSPS) is 10.7. The monoisotopic (exact) mass is 329 g/mol. The van der Waals surface area contributed by atoms with Gasteiger partial charge in [0.25, 0.3) is 0 Å². The van der Waals surface area contributed by atoms with Crippen LogP contribution < -0.4 is 10.6 Å². The lowest BCUT2D eigenvalue weighted by Gasteiger charge is -2.20. The number of carbonyl (C=O) groups is 1. The first-order valence-corrected chi connectivity index (χ1v) is 8.06. The van der Waals surface area contributed by atoms with Gasteiger partial charge in [0.15, 0.2) is 0 Å². The van der Waals surface area contributed by atoms with Crippen LogP contribution in [-0.4, -0.2) is 11.7 Å². The second kappa shape index (κ2) is 7.16. The van der Waals surface area contributed by atoms with Crippen molar-refractivity contribution < 1.29 is 9.53 Å². The molecular weight excluding hydrogens is 310 g/mol. The highest BCUT2D eigenvalue weighted by Gasteiger charge is 2.17. The van der Waals surface area contributed by atoms with Crippen LogP contribution in [0.25, 0.3) is 0 Å². The third-order valence-electron chi connectivity index (χ3n) is 2.80. The van der Waals surface area contributed by atoms with Crippen molar-refractivity contribution in [3.63, 3.8) is 0 Å². The fourth-order valence-corrected chi connectivity index (χ4v) is 2.62. The first-order valence-electron chi connectivity index (χ1n) is 7.18. The summed E-state index contributed by atoms with van der Waals surface area (Å²) in [5, 5.41) is 16.7. The van der Waals surface area contributed by atoms with Crippen molar-refractivity contribution in [2.45, 2.75) is 32.9 Å². The summed E-state index contributed by atoms with van der Waals surface area (Å²) in [6, 6.07) is 11.4. The van der Waals surface area contributed by atoms with Gasteiger partial charge in [-0.1, -0.05) is 12.1 Å². The van der Waals surface area contributed by atoms with Crippen LogP contribution in [-0.2, 0) is 11.3 Å². The number of anilines is 2. The highest BCUT2D eigenvalue weighted by atomic mass is 32.1. The molecule has 2 N–H and O–H groups in total. The van der Waals surface area contributed by atoms with E-state index >= 15 is 0 Å². The Morgan fingerprint density at radius 3 is 2.61 bits per heavy atom. The molecule has 1 aromatic heterocycles. The molecule has 5 nitrogen and oxygen atoms in total. The van der Waals surface area contributed by atoms with E-state index in [9.17, 15) is 4.79 Å². The van der Waals surface area contributed by atoms with Crippen molar-refractivity contribution in [2.24, 2.45) is 0 Å². The SMILES string of the molecule is CC(C)(C)OC(=O)Nc1ccccc1NCc1cc(C#N)cs1. The molecule has 0 aliphatic carbocycles. The molecule has 0 bridgehead atoms. The molecule has 0 fully saturated rings. The zero-order valence-electron chi connectivity index (χ0n) is 13.3. The standard InChI is InChI=1S/C17H19N3O2S/c1-17(2,3)22-16(21)20-15-7-5-4-6-14(15)19-10-13-8-12(9-18)11-23-13/h4-8,11,19H,10H2,1-3H3,(H,20,21). The van der Waals surface area contributed by atoms with Gasteiger partial charge in [-0.15, -0.1) is 11.3 Å². The molecule has 1 aromatic carbocycles. The molecule has 1 amide bonds. The third-order valence-corrected chi connectivity index (χ3v) is 3.74. The first kappa shape index (κ1) is 16.8. The van der Waals surface area contributed by atoms with Crippen LogP contribution in [0.2, 0.25) is 0 Å². The zero-order valence-corrected chi connectivity index (χ0v) is 14.2. The topological polar surface area (TPSA) is 74.2 Å². The zero-order chi connectivity index (χ0) is 16.9. The maximum Gasteiger partial charge on any atom is 0.412 e. The minimum Gasteiger partial charge on any atom is -0.444 e. The van der Waals surface area contributed by atoms with Crippen molar-refractivity contribution in [3.8, 4) is 6.07 Å². The average Bonchev–Trinajstić information content (AvgIpc) is 2.92. The van der Waals surface area contributed by atoms with Gasteiger partial charge in [0.2, 0.25) is 0 Å². The van der Waals surface area contributed by atoms with Gasteiger partial charge in [0.1, 0.15) is 11.7 Å². The van der Waals surface area contributed by atoms with Crippen LogP contribution in [0.5, 0.6) is 0 Å². The van der Waals surface area contributed by atoms with Crippen molar-refractivity contribution in [1.29, 1.82) is 5.26 Å². The van der Waals surface area contributed by atoms with Gasteiger partial charge >= 0.3 is 6.09 Å². The Kier molecular flexibility index (Phi) is 5.24. The van der Waals surface area contributed by atoms with Crippen LogP contribution in [0, 0.1) is 11.3 Å². The molecule has 2 rings (SSSR count). The number of nitrogens with one attached hydrogen (secondary N) is 2. The predicted molar refractivity (Wildman–Crippen MR) is 92.7 cm³/mol. The van der Waals surface area contributed by atoms with E-state index in [0.29, 0.717) is 17.8 Å². The Morgan fingerprint density at radius 1 is 1.30 bits per heavy atom. The van der Waals surface area contributed by atoms with Crippen molar-refractivity contribution >= 4 is 28.8 Å². The number of hydrogen-bond donors (Lipinski definition) is 2. The Balaban J connectivity index is 2.02. The van der Waals surface area contributed by atoms with Crippen LogP contribution in [0.15, 0.2) is 35.7 Å². The summed E-state index contributed by atoms with van der Waals surface area (Å²) >= 11 is 1.52. The summed E-state index contributed by atoms with van der Waals surface area (Å²) in [4.78, 5) is 13.0. The number of amides is 1. The molecule has 23 heavy (non-hydrogen) atoms.